The second kappa shape index (κ2) is 12.8. The highest BCUT2D eigenvalue weighted by Crippen LogP contribution is 2.33. The van der Waals surface area contributed by atoms with Crippen molar-refractivity contribution >= 4 is 11.9 Å². The number of aliphatic hydroxyl groups excluding tert-OH is 1. The van der Waals surface area contributed by atoms with Crippen molar-refractivity contribution in [3.05, 3.63) is 47.9 Å². The summed E-state index contributed by atoms with van der Waals surface area (Å²) < 4.78 is 40.7. The van der Waals surface area contributed by atoms with E-state index in [4.69, 9.17) is 9.47 Å². The number of nitrogens with zero attached hydrogens (tertiary/aromatic N) is 3. The number of pyridine rings is 1. The van der Waals surface area contributed by atoms with Crippen LogP contribution in [0.3, 0.4) is 0 Å². The molecular weight excluding hydrogens is 532 g/mol. The fourth-order valence-electron chi connectivity index (χ4n) is 5.80. The lowest BCUT2D eigenvalue weighted by Crippen LogP contribution is -2.51. The van der Waals surface area contributed by atoms with Crippen LogP contribution in [0.2, 0.25) is 0 Å². The van der Waals surface area contributed by atoms with E-state index in [2.05, 4.69) is 9.88 Å². The number of methoxy groups -OCH3 is 1. The molecule has 0 radical (unpaired) electrons. The monoisotopic (exact) mass is 573 g/mol. The van der Waals surface area contributed by atoms with Gasteiger partial charge in [-0.3, -0.25) is 9.78 Å². The number of ether oxygens (including phenoxy) is 2. The number of halogens is 2. The van der Waals surface area contributed by atoms with Gasteiger partial charge in [-0.1, -0.05) is 13.8 Å². The number of alkyl halides is 1. The normalized spacial score (nSPS) is 22.1. The van der Waals surface area contributed by atoms with Crippen molar-refractivity contribution < 1.29 is 33.0 Å². The molecule has 2 saturated heterocycles. The third kappa shape index (κ3) is 6.86. The molecule has 2 atom stereocenters. The van der Waals surface area contributed by atoms with Crippen LogP contribution in [0.1, 0.15) is 63.2 Å². The van der Waals surface area contributed by atoms with Gasteiger partial charge >= 0.3 is 5.97 Å². The molecule has 0 unspecified atom stereocenters. The summed E-state index contributed by atoms with van der Waals surface area (Å²) in [6, 6.07) is 7.48. The molecule has 3 heterocycles. The largest absolute Gasteiger partial charge is 0.492 e. The number of benzene rings is 1. The van der Waals surface area contributed by atoms with Crippen LogP contribution in [-0.4, -0.2) is 89.0 Å². The number of likely N-dealkylation sites (tertiary alicyclic amines) is 2. The van der Waals surface area contributed by atoms with Crippen LogP contribution in [-0.2, 0) is 9.53 Å². The number of hydrogen-bond donors (Lipinski definition) is 1. The number of aliphatic hydroxyl groups is 1. The van der Waals surface area contributed by atoms with Crippen molar-refractivity contribution in [2.45, 2.75) is 70.2 Å². The van der Waals surface area contributed by atoms with Gasteiger partial charge in [0, 0.05) is 30.6 Å². The predicted molar refractivity (Wildman–Crippen MR) is 151 cm³/mol. The first kappa shape index (κ1) is 30.8. The molecule has 2 aliphatic heterocycles. The van der Waals surface area contributed by atoms with E-state index in [-0.39, 0.29) is 24.1 Å². The summed E-state index contributed by atoms with van der Waals surface area (Å²) in [6.45, 7) is 8.02. The minimum Gasteiger partial charge on any atom is -0.492 e. The van der Waals surface area contributed by atoms with Crippen molar-refractivity contribution in [1.29, 1.82) is 0 Å². The van der Waals surface area contributed by atoms with Gasteiger partial charge in [-0.15, -0.1) is 0 Å². The first-order chi connectivity index (χ1) is 19.5. The molecule has 1 aromatic carbocycles. The van der Waals surface area contributed by atoms with Crippen LogP contribution >= 0.6 is 0 Å². The molecule has 1 N–H and O–H groups in total. The standard InChI is InChI=1S/C31H41F2N3O5/c1-5-31(33,6-2)20-35-13-11-21(12-14-35)19-41-24-8-10-27(34-17-24)25-9-7-22(15-26(25)32)28(38)36-18-23(37)16-30(36,3)29(39)40-4/h7-10,15,17,21,23,37H,5-6,11-14,16,18-20H2,1-4H3/t23-,30+/m1/s1. The molecule has 0 spiro atoms. The Balaban J connectivity index is 1.34. The smallest absolute Gasteiger partial charge is 0.331 e. The van der Waals surface area contributed by atoms with E-state index in [0.717, 1.165) is 32.0 Å². The Morgan fingerprint density at radius 3 is 2.46 bits per heavy atom. The molecule has 41 heavy (non-hydrogen) atoms. The highest BCUT2D eigenvalue weighted by Gasteiger charge is 2.50. The summed E-state index contributed by atoms with van der Waals surface area (Å²) >= 11 is 0. The maximum atomic E-state index is 15.1. The average Bonchev–Trinajstić information content (AvgIpc) is 3.30. The van der Waals surface area contributed by atoms with Gasteiger partial charge in [-0.05, 0) is 81.9 Å². The van der Waals surface area contributed by atoms with Gasteiger partial charge in [0.05, 0.1) is 31.7 Å². The lowest BCUT2D eigenvalue weighted by Gasteiger charge is -2.36. The van der Waals surface area contributed by atoms with Crippen molar-refractivity contribution in [3.63, 3.8) is 0 Å². The van der Waals surface area contributed by atoms with Gasteiger partial charge in [-0.2, -0.15) is 0 Å². The third-order valence-corrected chi connectivity index (χ3v) is 8.69. The average molecular weight is 574 g/mol. The topological polar surface area (TPSA) is 92.2 Å². The molecule has 4 rings (SSSR count). The minimum absolute atomic E-state index is 0.0429. The molecule has 1 amide bonds. The fourth-order valence-corrected chi connectivity index (χ4v) is 5.80. The van der Waals surface area contributed by atoms with Gasteiger partial charge < -0.3 is 24.4 Å². The molecule has 0 saturated carbocycles. The molecular formula is C31H41F2N3O5. The van der Waals surface area contributed by atoms with E-state index in [0.29, 0.717) is 43.4 Å². The quantitative estimate of drug-likeness (QED) is 0.414. The van der Waals surface area contributed by atoms with Gasteiger partial charge in [0.15, 0.2) is 0 Å². The maximum absolute atomic E-state index is 15.1. The van der Waals surface area contributed by atoms with Crippen molar-refractivity contribution in [2.75, 3.05) is 39.9 Å². The number of esters is 1. The van der Waals surface area contributed by atoms with Crippen molar-refractivity contribution in [2.24, 2.45) is 5.92 Å². The van der Waals surface area contributed by atoms with E-state index < -0.39 is 35.0 Å². The minimum atomic E-state index is -1.33. The summed E-state index contributed by atoms with van der Waals surface area (Å²) in [6.07, 6.45) is 3.66. The lowest BCUT2D eigenvalue weighted by atomic mass is 9.94. The van der Waals surface area contributed by atoms with Crippen LogP contribution in [0.4, 0.5) is 8.78 Å². The summed E-state index contributed by atoms with van der Waals surface area (Å²) in [5, 5.41) is 10.1. The zero-order valence-corrected chi connectivity index (χ0v) is 24.4. The van der Waals surface area contributed by atoms with E-state index in [1.54, 1.807) is 18.3 Å². The predicted octanol–water partition coefficient (Wildman–Crippen LogP) is 4.65. The number of β-amino-alcohol motifs (C(OH)–C–C–N with tert-alkyl or cyclic N) is 1. The first-order valence-electron chi connectivity index (χ1n) is 14.4. The number of carbonyl (C=O) groups is 2. The highest BCUT2D eigenvalue weighted by molar-refractivity contribution is 5.99. The fraction of sp³-hybridized carbons (Fsp3) is 0.581. The van der Waals surface area contributed by atoms with Crippen LogP contribution in [0.25, 0.3) is 11.3 Å². The molecule has 1 aromatic heterocycles. The zero-order valence-electron chi connectivity index (χ0n) is 24.4. The number of piperidine rings is 1. The molecule has 2 aromatic rings. The molecule has 2 aliphatic rings. The highest BCUT2D eigenvalue weighted by atomic mass is 19.1. The molecule has 10 heteroatoms. The van der Waals surface area contributed by atoms with E-state index in [9.17, 15) is 19.1 Å². The third-order valence-electron chi connectivity index (χ3n) is 8.69. The van der Waals surface area contributed by atoms with Crippen molar-refractivity contribution in [3.8, 4) is 17.0 Å². The Kier molecular flexibility index (Phi) is 9.64. The molecule has 2 fully saturated rings. The Bertz CT molecular complexity index is 1210. The van der Waals surface area contributed by atoms with Crippen molar-refractivity contribution in [1.82, 2.24) is 14.8 Å². The summed E-state index contributed by atoms with van der Waals surface area (Å²) in [4.78, 5) is 33.3. The van der Waals surface area contributed by atoms with Crippen LogP contribution in [0, 0.1) is 11.7 Å². The van der Waals surface area contributed by atoms with Crippen LogP contribution in [0.5, 0.6) is 5.75 Å². The summed E-state index contributed by atoms with van der Waals surface area (Å²) in [5.41, 5.74) is -1.78. The van der Waals surface area contributed by atoms with Gasteiger partial charge in [-0.25, -0.2) is 13.6 Å². The SMILES string of the molecule is CCC(F)(CC)CN1CCC(COc2ccc(-c3ccc(C(=O)N4C[C@H](O)C[C@@]4(C)C(=O)OC)cc3F)nc2)CC1. The summed E-state index contributed by atoms with van der Waals surface area (Å²) in [7, 11) is 1.22. The number of aromatic nitrogens is 1. The van der Waals surface area contributed by atoms with Crippen LogP contribution < -0.4 is 4.74 Å². The first-order valence-corrected chi connectivity index (χ1v) is 14.4. The summed E-state index contributed by atoms with van der Waals surface area (Å²) in [5.74, 6) is -0.876. The Morgan fingerprint density at radius 1 is 1.17 bits per heavy atom. The van der Waals surface area contributed by atoms with Crippen LogP contribution in [0.15, 0.2) is 36.5 Å². The Hall–Kier alpha value is -3.11. The number of hydrogen-bond acceptors (Lipinski definition) is 7. The van der Waals surface area contributed by atoms with Gasteiger partial charge in [0.1, 0.15) is 22.8 Å². The maximum Gasteiger partial charge on any atom is 0.331 e. The number of carbonyl (C=O) groups excluding carboxylic acids is 2. The zero-order chi connectivity index (χ0) is 29.8. The van der Waals surface area contributed by atoms with E-state index >= 15 is 4.39 Å². The number of rotatable bonds is 10. The Morgan fingerprint density at radius 2 is 1.88 bits per heavy atom. The molecule has 0 bridgehead atoms. The van der Waals surface area contributed by atoms with E-state index in [1.807, 2.05) is 13.8 Å². The molecule has 224 valence electrons. The second-order valence-corrected chi connectivity index (χ2v) is 11.5. The number of amides is 1. The Labute approximate surface area is 240 Å². The van der Waals surface area contributed by atoms with Gasteiger partial charge in [0.25, 0.3) is 5.91 Å². The molecule has 0 aliphatic carbocycles. The second-order valence-electron chi connectivity index (χ2n) is 11.5. The van der Waals surface area contributed by atoms with Gasteiger partial charge in [0.2, 0.25) is 0 Å². The molecule has 8 nitrogen and oxygen atoms in total. The van der Waals surface area contributed by atoms with E-state index in [1.165, 1.54) is 31.1 Å². The lowest BCUT2D eigenvalue weighted by molar-refractivity contribution is -0.151.